The number of carbonyl (C=O) groups is 1. The highest BCUT2D eigenvalue weighted by atomic mass is 16.5. The zero-order valence-corrected chi connectivity index (χ0v) is 14.5. The van der Waals surface area contributed by atoms with E-state index in [2.05, 4.69) is 14.9 Å². The fourth-order valence-corrected chi connectivity index (χ4v) is 3.05. The number of ether oxygens (including phenoxy) is 1. The second kappa shape index (κ2) is 8.46. The van der Waals surface area contributed by atoms with Gasteiger partial charge in [0.2, 0.25) is 5.91 Å². The van der Waals surface area contributed by atoms with Gasteiger partial charge in [-0.3, -0.25) is 9.78 Å². The molecule has 1 amide bonds. The number of rotatable bonds is 6. The zero-order valence-electron chi connectivity index (χ0n) is 14.5. The predicted molar refractivity (Wildman–Crippen MR) is 96.5 cm³/mol. The van der Waals surface area contributed by atoms with Crippen molar-refractivity contribution in [3.8, 4) is 5.75 Å². The summed E-state index contributed by atoms with van der Waals surface area (Å²) in [4.78, 5) is 25.0. The van der Waals surface area contributed by atoms with Crippen molar-refractivity contribution in [1.29, 1.82) is 0 Å². The molecule has 132 valence electrons. The Morgan fingerprint density at radius 1 is 1.24 bits per heavy atom. The fraction of sp³-hybridized carbons (Fsp3) is 0.421. The first-order chi connectivity index (χ1) is 12.2. The lowest BCUT2D eigenvalue weighted by molar-refractivity contribution is -0.135. The third-order valence-corrected chi connectivity index (χ3v) is 4.53. The molecule has 3 rings (SSSR count). The van der Waals surface area contributed by atoms with Gasteiger partial charge in [-0.25, -0.2) is 4.98 Å². The number of carbonyl (C=O) groups excluding carboxylic acids is 1. The van der Waals surface area contributed by atoms with E-state index in [1.54, 1.807) is 23.5 Å². The summed E-state index contributed by atoms with van der Waals surface area (Å²) in [5.41, 5.74) is 0. The van der Waals surface area contributed by atoms with Crippen molar-refractivity contribution in [3.63, 3.8) is 0 Å². The normalized spacial score (nSPS) is 15.0. The van der Waals surface area contributed by atoms with E-state index < -0.39 is 0 Å². The molecule has 1 aliphatic heterocycles. The molecule has 0 radical (unpaired) electrons. The van der Waals surface area contributed by atoms with Crippen LogP contribution in [0.4, 0.5) is 5.82 Å². The molecule has 0 atom stereocenters. The van der Waals surface area contributed by atoms with Gasteiger partial charge in [0.15, 0.2) is 0 Å². The number of hydrogen-bond acceptors (Lipinski definition) is 5. The quantitative estimate of drug-likeness (QED) is 0.807. The molecule has 1 aromatic carbocycles. The second-order valence-corrected chi connectivity index (χ2v) is 6.25. The lowest BCUT2D eigenvalue weighted by atomic mass is 9.95. The van der Waals surface area contributed by atoms with Crippen molar-refractivity contribution in [2.45, 2.75) is 12.8 Å². The molecule has 25 heavy (non-hydrogen) atoms. The Balaban J connectivity index is 1.42. The molecule has 0 bridgehead atoms. The first-order valence-corrected chi connectivity index (χ1v) is 8.68. The highest BCUT2D eigenvalue weighted by Gasteiger charge is 2.27. The van der Waals surface area contributed by atoms with E-state index in [0.29, 0.717) is 13.2 Å². The molecule has 2 aromatic rings. The van der Waals surface area contributed by atoms with Crippen LogP contribution in [0, 0.1) is 5.92 Å². The first kappa shape index (κ1) is 17.2. The van der Waals surface area contributed by atoms with Crippen LogP contribution in [-0.2, 0) is 4.79 Å². The van der Waals surface area contributed by atoms with Gasteiger partial charge in [0.05, 0.1) is 12.7 Å². The number of nitrogens with zero attached hydrogens (tertiary/aromatic N) is 4. The summed E-state index contributed by atoms with van der Waals surface area (Å²) in [7, 11) is 1.85. The Morgan fingerprint density at radius 2 is 2.00 bits per heavy atom. The first-order valence-electron chi connectivity index (χ1n) is 8.68. The van der Waals surface area contributed by atoms with Gasteiger partial charge in [-0.15, -0.1) is 0 Å². The third-order valence-electron chi connectivity index (χ3n) is 4.53. The maximum absolute atomic E-state index is 12.6. The van der Waals surface area contributed by atoms with Crippen LogP contribution in [0.3, 0.4) is 0 Å². The van der Waals surface area contributed by atoms with Gasteiger partial charge in [-0.1, -0.05) is 18.2 Å². The Bertz CT molecular complexity index is 658. The minimum atomic E-state index is 0.0784. The standard InChI is InChI=1S/C19H24N4O2/c1-22(13-14-25-17-5-3-2-4-6-17)19(24)16-7-11-23(12-8-16)18-15-20-9-10-21-18/h2-6,9-10,15-16H,7-8,11-14H2,1H3. The summed E-state index contributed by atoms with van der Waals surface area (Å²) in [6, 6.07) is 9.67. The van der Waals surface area contributed by atoms with Gasteiger partial charge in [-0.2, -0.15) is 0 Å². The number of amides is 1. The summed E-state index contributed by atoms with van der Waals surface area (Å²) in [6.07, 6.45) is 6.84. The Kier molecular flexibility index (Phi) is 5.82. The van der Waals surface area contributed by atoms with Gasteiger partial charge in [0.1, 0.15) is 18.2 Å². The van der Waals surface area contributed by atoms with E-state index in [-0.39, 0.29) is 11.8 Å². The SMILES string of the molecule is CN(CCOc1ccccc1)C(=O)C1CCN(c2cnccn2)CC1. The Morgan fingerprint density at radius 3 is 2.68 bits per heavy atom. The molecule has 2 heterocycles. The smallest absolute Gasteiger partial charge is 0.225 e. The summed E-state index contributed by atoms with van der Waals surface area (Å²) in [6.45, 7) is 2.77. The minimum absolute atomic E-state index is 0.0784. The summed E-state index contributed by atoms with van der Waals surface area (Å²) in [5, 5.41) is 0. The molecular formula is C19H24N4O2. The largest absolute Gasteiger partial charge is 0.492 e. The van der Waals surface area contributed by atoms with Crippen molar-refractivity contribution in [2.24, 2.45) is 5.92 Å². The Labute approximate surface area is 148 Å². The lowest BCUT2D eigenvalue weighted by Crippen LogP contribution is -2.42. The van der Waals surface area contributed by atoms with E-state index >= 15 is 0 Å². The van der Waals surface area contributed by atoms with E-state index in [0.717, 1.165) is 37.5 Å². The Hall–Kier alpha value is -2.63. The highest BCUT2D eigenvalue weighted by molar-refractivity contribution is 5.78. The third kappa shape index (κ3) is 4.68. The summed E-state index contributed by atoms with van der Waals surface area (Å²) >= 11 is 0. The number of likely N-dealkylation sites (N-methyl/N-ethyl adjacent to an activating group) is 1. The van der Waals surface area contributed by atoms with Gasteiger partial charge in [0.25, 0.3) is 0 Å². The predicted octanol–water partition coefficient (Wildman–Crippen LogP) is 2.23. The van der Waals surface area contributed by atoms with Gasteiger partial charge in [0, 0.05) is 38.4 Å². The molecule has 1 aliphatic rings. The van der Waals surface area contributed by atoms with E-state index in [4.69, 9.17) is 4.74 Å². The zero-order chi connectivity index (χ0) is 17.5. The average Bonchev–Trinajstić information content (AvgIpc) is 2.69. The number of para-hydroxylation sites is 1. The number of hydrogen-bond donors (Lipinski definition) is 0. The number of anilines is 1. The number of benzene rings is 1. The monoisotopic (exact) mass is 340 g/mol. The molecule has 0 unspecified atom stereocenters. The lowest BCUT2D eigenvalue weighted by Gasteiger charge is -2.33. The average molecular weight is 340 g/mol. The number of aromatic nitrogens is 2. The van der Waals surface area contributed by atoms with Crippen molar-refractivity contribution in [2.75, 3.05) is 38.2 Å². The maximum atomic E-state index is 12.6. The van der Waals surface area contributed by atoms with Gasteiger partial charge >= 0.3 is 0 Å². The number of piperidine rings is 1. The second-order valence-electron chi connectivity index (χ2n) is 6.25. The molecule has 6 nitrogen and oxygen atoms in total. The summed E-state index contributed by atoms with van der Waals surface area (Å²) in [5.74, 6) is 2.00. The van der Waals surface area contributed by atoms with Crippen molar-refractivity contribution >= 4 is 11.7 Å². The fourth-order valence-electron chi connectivity index (χ4n) is 3.05. The molecule has 1 aromatic heterocycles. The molecule has 0 N–H and O–H groups in total. The molecule has 0 saturated carbocycles. The minimum Gasteiger partial charge on any atom is -0.492 e. The van der Waals surface area contributed by atoms with Crippen LogP contribution in [0.25, 0.3) is 0 Å². The highest BCUT2D eigenvalue weighted by Crippen LogP contribution is 2.22. The van der Waals surface area contributed by atoms with Crippen LogP contribution in [0.2, 0.25) is 0 Å². The molecule has 6 heteroatoms. The van der Waals surface area contributed by atoms with E-state index in [9.17, 15) is 4.79 Å². The van der Waals surface area contributed by atoms with E-state index in [1.165, 1.54) is 0 Å². The van der Waals surface area contributed by atoms with E-state index in [1.807, 2.05) is 37.4 Å². The van der Waals surface area contributed by atoms with Crippen LogP contribution in [0.5, 0.6) is 5.75 Å². The topological polar surface area (TPSA) is 58.6 Å². The van der Waals surface area contributed by atoms with Crippen LogP contribution >= 0.6 is 0 Å². The van der Waals surface area contributed by atoms with Crippen LogP contribution < -0.4 is 9.64 Å². The summed E-state index contributed by atoms with van der Waals surface area (Å²) < 4.78 is 5.67. The van der Waals surface area contributed by atoms with Crippen LogP contribution in [-0.4, -0.2) is 54.1 Å². The van der Waals surface area contributed by atoms with Crippen molar-refractivity contribution in [3.05, 3.63) is 48.9 Å². The van der Waals surface area contributed by atoms with Crippen molar-refractivity contribution in [1.82, 2.24) is 14.9 Å². The van der Waals surface area contributed by atoms with Crippen molar-refractivity contribution < 1.29 is 9.53 Å². The molecule has 1 fully saturated rings. The van der Waals surface area contributed by atoms with Gasteiger partial charge < -0.3 is 14.5 Å². The molecule has 0 spiro atoms. The maximum Gasteiger partial charge on any atom is 0.225 e. The molecule has 1 saturated heterocycles. The van der Waals surface area contributed by atoms with Crippen LogP contribution in [0.15, 0.2) is 48.9 Å². The van der Waals surface area contributed by atoms with Gasteiger partial charge in [-0.05, 0) is 25.0 Å². The molecule has 0 aliphatic carbocycles. The molecular weight excluding hydrogens is 316 g/mol. The van der Waals surface area contributed by atoms with Crippen LogP contribution in [0.1, 0.15) is 12.8 Å².